The SMILES string of the molecule is CCN1C[C@@H](C(=O)Nc2cc(Cl)ccc2Oc2ccc(OC)cc2)CC1=O. The van der Waals surface area contributed by atoms with E-state index < -0.39 is 0 Å². The van der Waals surface area contributed by atoms with Gasteiger partial charge in [-0.1, -0.05) is 11.6 Å². The molecule has 0 spiro atoms. The van der Waals surface area contributed by atoms with Gasteiger partial charge in [-0.3, -0.25) is 9.59 Å². The normalized spacial score (nSPS) is 16.3. The summed E-state index contributed by atoms with van der Waals surface area (Å²) in [5.74, 6) is 1.18. The van der Waals surface area contributed by atoms with Crippen molar-refractivity contribution in [2.75, 3.05) is 25.5 Å². The van der Waals surface area contributed by atoms with E-state index in [1.54, 1.807) is 54.5 Å². The molecule has 1 N–H and O–H groups in total. The van der Waals surface area contributed by atoms with Crippen LogP contribution in [0.2, 0.25) is 5.02 Å². The average molecular weight is 389 g/mol. The van der Waals surface area contributed by atoms with Crippen LogP contribution >= 0.6 is 11.6 Å². The predicted molar refractivity (Wildman–Crippen MR) is 104 cm³/mol. The highest BCUT2D eigenvalue weighted by Crippen LogP contribution is 2.33. The van der Waals surface area contributed by atoms with E-state index in [1.165, 1.54) is 0 Å². The van der Waals surface area contributed by atoms with E-state index in [4.69, 9.17) is 21.1 Å². The Morgan fingerprint density at radius 1 is 1.22 bits per heavy atom. The zero-order valence-corrected chi connectivity index (χ0v) is 16.0. The summed E-state index contributed by atoms with van der Waals surface area (Å²) in [6.45, 7) is 2.93. The third-order valence-electron chi connectivity index (χ3n) is 4.45. The van der Waals surface area contributed by atoms with Crippen molar-refractivity contribution in [3.05, 3.63) is 47.5 Å². The number of anilines is 1. The van der Waals surface area contributed by atoms with Gasteiger partial charge in [0.15, 0.2) is 5.75 Å². The minimum atomic E-state index is -0.384. The number of nitrogens with zero attached hydrogens (tertiary/aromatic N) is 1. The molecule has 1 atom stereocenters. The maximum Gasteiger partial charge on any atom is 0.229 e. The summed E-state index contributed by atoms with van der Waals surface area (Å²) in [6, 6.07) is 12.1. The molecule has 6 nitrogen and oxygen atoms in total. The second-order valence-corrected chi connectivity index (χ2v) is 6.68. The average Bonchev–Trinajstić information content (AvgIpc) is 3.05. The first-order valence-corrected chi connectivity index (χ1v) is 9.08. The number of carbonyl (C=O) groups excluding carboxylic acids is 2. The van der Waals surface area contributed by atoms with Crippen molar-refractivity contribution in [3.63, 3.8) is 0 Å². The molecule has 0 aliphatic carbocycles. The zero-order valence-electron chi connectivity index (χ0n) is 15.2. The standard InChI is InChI=1S/C20H21ClN2O4/c1-3-23-12-13(10-19(23)24)20(25)22-17-11-14(21)4-9-18(17)27-16-7-5-15(26-2)6-8-16/h4-9,11,13H,3,10,12H2,1-2H3,(H,22,25)/t13-/m0/s1. The number of methoxy groups -OCH3 is 1. The van der Waals surface area contributed by atoms with Crippen LogP contribution in [0.1, 0.15) is 13.3 Å². The molecule has 142 valence electrons. The number of amides is 2. The number of hydrogen-bond acceptors (Lipinski definition) is 4. The Labute approximate surface area is 163 Å². The van der Waals surface area contributed by atoms with E-state index in [-0.39, 0.29) is 24.2 Å². The van der Waals surface area contributed by atoms with E-state index in [0.29, 0.717) is 35.3 Å². The lowest BCUT2D eigenvalue weighted by molar-refractivity contribution is -0.128. The van der Waals surface area contributed by atoms with Gasteiger partial charge in [0.25, 0.3) is 0 Å². The highest BCUT2D eigenvalue weighted by atomic mass is 35.5. The van der Waals surface area contributed by atoms with Crippen molar-refractivity contribution in [1.82, 2.24) is 4.90 Å². The van der Waals surface area contributed by atoms with E-state index in [0.717, 1.165) is 5.75 Å². The van der Waals surface area contributed by atoms with Crippen molar-refractivity contribution >= 4 is 29.1 Å². The van der Waals surface area contributed by atoms with Crippen LogP contribution in [-0.2, 0) is 9.59 Å². The van der Waals surface area contributed by atoms with E-state index in [2.05, 4.69) is 5.32 Å². The molecule has 0 radical (unpaired) electrons. The number of likely N-dealkylation sites (tertiary alicyclic amines) is 1. The third kappa shape index (κ3) is 4.52. The first kappa shape index (κ1) is 19.0. The topological polar surface area (TPSA) is 67.9 Å². The molecule has 2 aromatic rings. The van der Waals surface area contributed by atoms with Crippen LogP contribution in [-0.4, -0.2) is 36.9 Å². The molecule has 0 aromatic heterocycles. The Morgan fingerprint density at radius 3 is 2.56 bits per heavy atom. The maximum absolute atomic E-state index is 12.6. The fraction of sp³-hybridized carbons (Fsp3) is 0.300. The van der Waals surface area contributed by atoms with Gasteiger partial charge in [0.05, 0.1) is 18.7 Å². The monoisotopic (exact) mass is 388 g/mol. The molecule has 7 heteroatoms. The molecule has 1 saturated heterocycles. The Balaban J connectivity index is 1.75. The minimum Gasteiger partial charge on any atom is -0.497 e. The largest absolute Gasteiger partial charge is 0.497 e. The summed E-state index contributed by atoms with van der Waals surface area (Å²) < 4.78 is 11.0. The van der Waals surface area contributed by atoms with Gasteiger partial charge in [0.2, 0.25) is 11.8 Å². The highest BCUT2D eigenvalue weighted by molar-refractivity contribution is 6.31. The number of nitrogens with one attached hydrogen (secondary N) is 1. The van der Waals surface area contributed by atoms with Gasteiger partial charge in [-0.2, -0.15) is 0 Å². The van der Waals surface area contributed by atoms with Crippen molar-refractivity contribution in [1.29, 1.82) is 0 Å². The summed E-state index contributed by atoms with van der Waals surface area (Å²) >= 11 is 6.09. The van der Waals surface area contributed by atoms with Crippen LogP contribution in [0.25, 0.3) is 0 Å². The van der Waals surface area contributed by atoms with Crippen molar-refractivity contribution in [2.24, 2.45) is 5.92 Å². The van der Waals surface area contributed by atoms with Crippen molar-refractivity contribution < 1.29 is 19.1 Å². The van der Waals surface area contributed by atoms with Gasteiger partial charge in [0.1, 0.15) is 11.5 Å². The molecule has 1 aliphatic heterocycles. The summed E-state index contributed by atoms with van der Waals surface area (Å²) in [5.41, 5.74) is 0.464. The number of halogens is 1. The number of ether oxygens (including phenoxy) is 2. The summed E-state index contributed by atoms with van der Waals surface area (Å²) in [5, 5.41) is 3.33. The molecule has 0 unspecified atom stereocenters. The molecule has 2 aromatic carbocycles. The molecular formula is C20H21ClN2O4. The van der Waals surface area contributed by atoms with Crippen molar-refractivity contribution in [3.8, 4) is 17.2 Å². The van der Waals surface area contributed by atoms with Gasteiger partial charge >= 0.3 is 0 Å². The first-order chi connectivity index (χ1) is 13.0. The Bertz CT molecular complexity index is 838. The number of carbonyl (C=O) groups is 2. The lowest BCUT2D eigenvalue weighted by atomic mass is 10.1. The second kappa shape index (κ2) is 8.31. The Morgan fingerprint density at radius 2 is 1.93 bits per heavy atom. The van der Waals surface area contributed by atoms with Crippen molar-refractivity contribution in [2.45, 2.75) is 13.3 Å². The first-order valence-electron chi connectivity index (χ1n) is 8.70. The van der Waals surface area contributed by atoms with Gasteiger partial charge in [-0.15, -0.1) is 0 Å². The fourth-order valence-electron chi connectivity index (χ4n) is 2.95. The van der Waals surface area contributed by atoms with E-state index in [1.807, 2.05) is 6.92 Å². The Hall–Kier alpha value is -2.73. The van der Waals surface area contributed by atoms with Crippen LogP contribution in [0.15, 0.2) is 42.5 Å². The maximum atomic E-state index is 12.6. The van der Waals surface area contributed by atoms with Crippen LogP contribution in [0.5, 0.6) is 17.2 Å². The molecule has 0 bridgehead atoms. The quantitative estimate of drug-likeness (QED) is 0.813. The lowest BCUT2D eigenvalue weighted by Crippen LogP contribution is -2.28. The highest BCUT2D eigenvalue weighted by Gasteiger charge is 2.33. The fourth-order valence-corrected chi connectivity index (χ4v) is 3.12. The van der Waals surface area contributed by atoms with Crippen LogP contribution in [0.3, 0.4) is 0 Å². The Kier molecular flexibility index (Phi) is 5.86. The molecule has 0 saturated carbocycles. The number of rotatable bonds is 6. The van der Waals surface area contributed by atoms with Crippen LogP contribution in [0, 0.1) is 5.92 Å². The van der Waals surface area contributed by atoms with E-state index in [9.17, 15) is 9.59 Å². The molecular weight excluding hydrogens is 368 g/mol. The second-order valence-electron chi connectivity index (χ2n) is 6.24. The van der Waals surface area contributed by atoms with Gasteiger partial charge in [-0.05, 0) is 49.4 Å². The molecule has 3 rings (SSSR count). The predicted octanol–water partition coefficient (Wildman–Crippen LogP) is 3.95. The zero-order chi connectivity index (χ0) is 19.4. The molecule has 1 heterocycles. The molecule has 27 heavy (non-hydrogen) atoms. The van der Waals surface area contributed by atoms with E-state index >= 15 is 0 Å². The molecule has 2 amide bonds. The van der Waals surface area contributed by atoms with Crippen LogP contribution in [0.4, 0.5) is 5.69 Å². The minimum absolute atomic E-state index is 0.00143. The summed E-state index contributed by atoms with van der Waals surface area (Å²) in [6.07, 6.45) is 0.217. The molecule has 1 fully saturated rings. The van der Waals surface area contributed by atoms with Crippen LogP contribution < -0.4 is 14.8 Å². The summed E-state index contributed by atoms with van der Waals surface area (Å²) in [4.78, 5) is 26.2. The number of hydrogen-bond donors (Lipinski definition) is 1. The van der Waals surface area contributed by atoms with Gasteiger partial charge in [-0.25, -0.2) is 0 Å². The summed E-state index contributed by atoms with van der Waals surface area (Å²) in [7, 11) is 1.59. The smallest absolute Gasteiger partial charge is 0.229 e. The third-order valence-corrected chi connectivity index (χ3v) is 4.69. The number of benzene rings is 2. The van der Waals surface area contributed by atoms with Gasteiger partial charge < -0.3 is 19.7 Å². The molecule has 1 aliphatic rings. The lowest BCUT2D eigenvalue weighted by Gasteiger charge is -2.16. The van der Waals surface area contributed by atoms with Gasteiger partial charge in [0, 0.05) is 24.5 Å².